The topological polar surface area (TPSA) is 24.1 Å². The summed E-state index contributed by atoms with van der Waals surface area (Å²) in [5.41, 5.74) is 0.901. The smallest absolute Gasteiger partial charge is 0.151 e. The molecule has 2 N–H and O–H groups in total. The summed E-state index contributed by atoms with van der Waals surface area (Å²) in [6, 6.07) is 2.49. The molecule has 1 aliphatic rings. The minimum absolute atomic E-state index is 0.245. The second kappa shape index (κ2) is 4.28. The Morgan fingerprint density at radius 2 is 2.06 bits per heavy atom. The van der Waals surface area contributed by atoms with E-state index in [1.54, 1.807) is 0 Å². The van der Waals surface area contributed by atoms with Gasteiger partial charge in [0.25, 0.3) is 0 Å². The highest BCUT2D eigenvalue weighted by molar-refractivity contribution is 5.70. The lowest BCUT2D eigenvalue weighted by Gasteiger charge is -2.21. The van der Waals surface area contributed by atoms with E-state index in [9.17, 15) is 8.78 Å². The van der Waals surface area contributed by atoms with Gasteiger partial charge in [0.2, 0.25) is 0 Å². The third-order valence-corrected chi connectivity index (χ3v) is 2.96. The first-order chi connectivity index (χ1) is 7.58. The summed E-state index contributed by atoms with van der Waals surface area (Å²) in [6.45, 7) is 4.89. The molecular formula is C12H16F2N2. The molecule has 0 aromatic heterocycles. The first-order valence-corrected chi connectivity index (χ1v) is 5.57. The molecule has 1 atom stereocenters. The molecule has 0 spiro atoms. The van der Waals surface area contributed by atoms with Crippen molar-refractivity contribution < 1.29 is 8.78 Å². The number of halogens is 2. The Bertz CT molecular complexity index is 391. The van der Waals surface area contributed by atoms with Gasteiger partial charge in [-0.3, -0.25) is 0 Å². The standard InChI is InChI=1S/C12H16F2N2/c1-7(2)10-3-4-15-12-9(14)5-8(13)6-11(12)16-10/h5-7,10,15-16H,3-4H2,1-2H3. The van der Waals surface area contributed by atoms with Crippen LogP contribution in [0.5, 0.6) is 0 Å². The second-order valence-corrected chi connectivity index (χ2v) is 4.52. The maximum absolute atomic E-state index is 13.5. The van der Waals surface area contributed by atoms with Crippen molar-refractivity contribution in [3.05, 3.63) is 23.8 Å². The summed E-state index contributed by atoms with van der Waals surface area (Å²) in [4.78, 5) is 0. The van der Waals surface area contributed by atoms with Crippen LogP contribution in [0.1, 0.15) is 20.3 Å². The number of fused-ring (bicyclic) bond motifs is 1. The monoisotopic (exact) mass is 226 g/mol. The van der Waals surface area contributed by atoms with Crippen LogP contribution >= 0.6 is 0 Å². The molecule has 0 amide bonds. The summed E-state index contributed by atoms with van der Waals surface area (Å²) in [7, 11) is 0. The van der Waals surface area contributed by atoms with Gasteiger partial charge in [0.1, 0.15) is 5.82 Å². The van der Waals surface area contributed by atoms with E-state index in [1.165, 1.54) is 6.07 Å². The molecule has 0 aliphatic carbocycles. The second-order valence-electron chi connectivity index (χ2n) is 4.52. The fourth-order valence-electron chi connectivity index (χ4n) is 1.99. The van der Waals surface area contributed by atoms with Crippen molar-refractivity contribution in [1.82, 2.24) is 0 Å². The maximum Gasteiger partial charge on any atom is 0.151 e. The van der Waals surface area contributed by atoms with Crippen molar-refractivity contribution in [2.24, 2.45) is 5.92 Å². The molecule has 1 unspecified atom stereocenters. The molecule has 1 aromatic rings. The van der Waals surface area contributed by atoms with E-state index in [-0.39, 0.29) is 6.04 Å². The largest absolute Gasteiger partial charge is 0.381 e. The van der Waals surface area contributed by atoms with Crippen molar-refractivity contribution in [3.8, 4) is 0 Å². The Hall–Kier alpha value is -1.32. The zero-order chi connectivity index (χ0) is 11.7. The lowest BCUT2D eigenvalue weighted by molar-refractivity contribution is 0.507. The Balaban J connectivity index is 2.36. The van der Waals surface area contributed by atoms with Crippen LogP contribution < -0.4 is 10.6 Å². The highest BCUT2D eigenvalue weighted by Crippen LogP contribution is 2.30. The summed E-state index contributed by atoms with van der Waals surface area (Å²) in [5.74, 6) is -0.652. The van der Waals surface area contributed by atoms with Crippen LogP contribution in [0.4, 0.5) is 20.2 Å². The highest BCUT2D eigenvalue weighted by atomic mass is 19.1. The van der Waals surface area contributed by atoms with E-state index in [4.69, 9.17) is 0 Å². The molecule has 0 radical (unpaired) electrons. The lowest BCUT2D eigenvalue weighted by atomic mass is 10.0. The summed E-state index contributed by atoms with van der Waals surface area (Å²) >= 11 is 0. The molecule has 0 saturated heterocycles. The van der Waals surface area contributed by atoms with Crippen molar-refractivity contribution in [1.29, 1.82) is 0 Å². The van der Waals surface area contributed by atoms with Crippen LogP contribution in [-0.4, -0.2) is 12.6 Å². The van der Waals surface area contributed by atoms with Gasteiger partial charge in [0.15, 0.2) is 5.82 Å². The van der Waals surface area contributed by atoms with E-state index in [0.717, 1.165) is 12.5 Å². The van der Waals surface area contributed by atoms with Gasteiger partial charge in [0, 0.05) is 18.7 Å². The van der Waals surface area contributed by atoms with Gasteiger partial charge in [0.05, 0.1) is 11.4 Å². The molecule has 1 aliphatic heterocycles. The van der Waals surface area contributed by atoms with Gasteiger partial charge in [-0.15, -0.1) is 0 Å². The van der Waals surface area contributed by atoms with Gasteiger partial charge in [-0.2, -0.15) is 0 Å². The Morgan fingerprint density at radius 1 is 1.31 bits per heavy atom. The van der Waals surface area contributed by atoms with Crippen molar-refractivity contribution in [3.63, 3.8) is 0 Å². The van der Waals surface area contributed by atoms with Gasteiger partial charge < -0.3 is 10.6 Å². The number of hydrogen-bond acceptors (Lipinski definition) is 2. The molecule has 2 nitrogen and oxygen atoms in total. The molecule has 1 heterocycles. The van der Waals surface area contributed by atoms with Crippen molar-refractivity contribution in [2.45, 2.75) is 26.3 Å². The first-order valence-electron chi connectivity index (χ1n) is 5.57. The number of benzene rings is 1. The predicted molar refractivity (Wildman–Crippen MR) is 61.7 cm³/mol. The third-order valence-electron chi connectivity index (χ3n) is 2.96. The van der Waals surface area contributed by atoms with Crippen LogP contribution in [0.2, 0.25) is 0 Å². The average molecular weight is 226 g/mol. The van der Waals surface area contributed by atoms with E-state index in [1.807, 2.05) is 0 Å². The van der Waals surface area contributed by atoms with E-state index in [0.29, 0.717) is 23.8 Å². The number of anilines is 2. The fourth-order valence-corrected chi connectivity index (χ4v) is 1.99. The van der Waals surface area contributed by atoms with Crippen molar-refractivity contribution >= 4 is 11.4 Å². The minimum atomic E-state index is -0.546. The van der Waals surface area contributed by atoms with E-state index < -0.39 is 11.6 Å². The predicted octanol–water partition coefficient (Wildman–Crippen LogP) is 3.22. The molecule has 0 fully saturated rings. The molecule has 4 heteroatoms. The zero-order valence-electron chi connectivity index (χ0n) is 9.48. The van der Waals surface area contributed by atoms with E-state index >= 15 is 0 Å². The number of nitrogens with one attached hydrogen (secondary N) is 2. The molecule has 1 aromatic carbocycles. The van der Waals surface area contributed by atoms with Gasteiger partial charge in [-0.1, -0.05) is 13.8 Å². The third kappa shape index (κ3) is 2.10. The maximum atomic E-state index is 13.5. The number of rotatable bonds is 1. The molecule has 88 valence electrons. The zero-order valence-corrected chi connectivity index (χ0v) is 9.48. The fraction of sp³-hybridized carbons (Fsp3) is 0.500. The van der Waals surface area contributed by atoms with Crippen LogP contribution in [-0.2, 0) is 0 Å². The Kier molecular flexibility index (Phi) is 2.99. The average Bonchev–Trinajstić information content (AvgIpc) is 2.39. The SMILES string of the molecule is CC(C)C1CCNc2c(F)cc(F)cc2N1. The molecular weight excluding hydrogens is 210 g/mol. The number of hydrogen-bond donors (Lipinski definition) is 2. The van der Waals surface area contributed by atoms with Gasteiger partial charge in [-0.25, -0.2) is 8.78 Å². The Labute approximate surface area is 94.0 Å². The minimum Gasteiger partial charge on any atom is -0.381 e. The van der Waals surface area contributed by atoms with Gasteiger partial charge >= 0.3 is 0 Å². The van der Waals surface area contributed by atoms with Crippen LogP contribution in [0.15, 0.2) is 12.1 Å². The van der Waals surface area contributed by atoms with Crippen LogP contribution in [0, 0.1) is 17.6 Å². The lowest BCUT2D eigenvalue weighted by Crippen LogP contribution is -2.25. The van der Waals surface area contributed by atoms with Crippen molar-refractivity contribution in [2.75, 3.05) is 17.2 Å². The highest BCUT2D eigenvalue weighted by Gasteiger charge is 2.20. The normalized spacial score (nSPS) is 19.7. The van der Waals surface area contributed by atoms with Crippen LogP contribution in [0.25, 0.3) is 0 Å². The van der Waals surface area contributed by atoms with Crippen LogP contribution in [0.3, 0.4) is 0 Å². The summed E-state index contributed by atoms with van der Waals surface area (Å²) in [6.07, 6.45) is 0.896. The molecule has 2 rings (SSSR count). The first kappa shape index (κ1) is 11.2. The Morgan fingerprint density at radius 3 is 2.75 bits per heavy atom. The summed E-state index contributed by atoms with van der Waals surface area (Å²) < 4.78 is 26.6. The molecule has 16 heavy (non-hydrogen) atoms. The summed E-state index contributed by atoms with van der Waals surface area (Å²) in [5, 5.41) is 6.20. The van der Waals surface area contributed by atoms with E-state index in [2.05, 4.69) is 24.5 Å². The van der Waals surface area contributed by atoms with Gasteiger partial charge in [-0.05, 0) is 18.4 Å². The molecule has 0 saturated carbocycles. The molecule has 0 bridgehead atoms. The quantitative estimate of drug-likeness (QED) is 0.768.